The third-order valence-corrected chi connectivity index (χ3v) is 5.80. The minimum absolute atomic E-state index is 0.201. The Labute approximate surface area is 195 Å². The van der Waals surface area contributed by atoms with Gasteiger partial charge in [0.25, 0.3) is 5.91 Å². The predicted octanol–water partition coefficient (Wildman–Crippen LogP) is 5.25. The van der Waals surface area contributed by atoms with Crippen LogP contribution < -0.4 is 4.74 Å². The number of alkyl halides is 3. The van der Waals surface area contributed by atoms with Crippen LogP contribution in [0.5, 0.6) is 5.75 Å². The standard InChI is InChI=1S/C24H26F3N3O2S/c1-17-28-21(16-33-17)15-29(2)14-18-4-10-22(11-5-18)32-13-12-30(3)23(31)19-6-8-20(9-7-19)24(25,26)27/h4-11,16H,12-15H2,1-3H3. The summed E-state index contributed by atoms with van der Waals surface area (Å²) in [5.41, 5.74) is 1.63. The number of nitrogens with zero attached hydrogens (tertiary/aromatic N) is 3. The molecule has 33 heavy (non-hydrogen) atoms. The summed E-state index contributed by atoms with van der Waals surface area (Å²) in [6.07, 6.45) is -4.42. The molecule has 0 atom stereocenters. The van der Waals surface area contributed by atoms with E-state index in [1.807, 2.05) is 38.2 Å². The van der Waals surface area contributed by atoms with E-state index in [9.17, 15) is 18.0 Å². The second-order valence-electron chi connectivity index (χ2n) is 7.82. The van der Waals surface area contributed by atoms with Gasteiger partial charge in [0, 0.05) is 31.1 Å². The molecule has 0 radical (unpaired) electrons. The molecule has 0 N–H and O–H groups in total. The van der Waals surface area contributed by atoms with Crippen LogP contribution in [-0.4, -0.2) is 47.9 Å². The van der Waals surface area contributed by atoms with Crippen molar-refractivity contribution in [2.45, 2.75) is 26.2 Å². The number of amides is 1. The monoisotopic (exact) mass is 477 g/mol. The lowest BCUT2D eigenvalue weighted by Crippen LogP contribution is -2.30. The van der Waals surface area contributed by atoms with Gasteiger partial charge >= 0.3 is 6.18 Å². The highest BCUT2D eigenvalue weighted by Gasteiger charge is 2.30. The summed E-state index contributed by atoms with van der Waals surface area (Å²) in [7, 11) is 3.63. The van der Waals surface area contributed by atoms with E-state index < -0.39 is 11.7 Å². The number of halogens is 3. The van der Waals surface area contributed by atoms with E-state index in [0.29, 0.717) is 12.3 Å². The third-order valence-electron chi connectivity index (χ3n) is 4.98. The van der Waals surface area contributed by atoms with Crippen LogP contribution in [0.3, 0.4) is 0 Å². The average Bonchev–Trinajstić information content (AvgIpc) is 3.18. The maximum atomic E-state index is 12.7. The highest BCUT2D eigenvalue weighted by Crippen LogP contribution is 2.29. The summed E-state index contributed by atoms with van der Waals surface area (Å²) in [6.45, 7) is 4.13. The van der Waals surface area contributed by atoms with Gasteiger partial charge in [0.15, 0.2) is 0 Å². The fourth-order valence-electron chi connectivity index (χ4n) is 3.24. The van der Waals surface area contributed by atoms with Crippen molar-refractivity contribution < 1.29 is 22.7 Å². The number of thiazole rings is 1. The van der Waals surface area contributed by atoms with Crippen LogP contribution >= 0.6 is 11.3 Å². The van der Waals surface area contributed by atoms with Crippen molar-refractivity contribution >= 4 is 17.2 Å². The Hall–Kier alpha value is -2.91. The molecular formula is C24H26F3N3O2S. The number of carbonyl (C=O) groups is 1. The van der Waals surface area contributed by atoms with Crippen molar-refractivity contribution in [3.63, 3.8) is 0 Å². The van der Waals surface area contributed by atoms with Gasteiger partial charge in [0.1, 0.15) is 12.4 Å². The first-order chi connectivity index (χ1) is 15.6. The number of hydrogen-bond acceptors (Lipinski definition) is 5. The molecule has 3 aromatic rings. The molecule has 9 heteroatoms. The molecule has 176 valence electrons. The molecule has 0 saturated carbocycles. The van der Waals surface area contributed by atoms with E-state index in [0.717, 1.165) is 41.5 Å². The number of ether oxygens (including phenoxy) is 1. The van der Waals surface area contributed by atoms with Crippen molar-refractivity contribution in [3.8, 4) is 5.75 Å². The lowest BCUT2D eigenvalue weighted by atomic mass is 10.1. The molecular weight excluding hydrogens is 451 g/mol. The van der Waals surface area contributed by atoms with Crippen LogP contribution in [0.2, 0.25) is 0 Å². The van der Waals surface area contributed by atoms with Crippen LogP contribution in [0.4, 0.5) is 13.2 Å². The first kappa shape index (κ1) is 24.7. The molecule has 0 fully saturated rings. The number of aromatic nitrogens is 1. The van der Waals surface area contributed by atoms with E-state index in [1.165, 1.54) is 17.0 Å². The van der Waals surface area contributed by atoms with Crippen molar-refractivity contribution in [3.05, 3.63) is 81.3 Å². The number of hydrogen-bond donors (Lipinski definition) is 0. The van der Waals surface area contributed by atoms with Gasteiger partial charge in [-0.05, 0) is 55.9 Å². The van der Waals surface area contributed by atoms with Gasteiger partial charge in [-0.3, -0.25) is 9.69 Å². The van der Waals surface area contributed by atoms with Gasteiger partial charge in [-0.1, -0.05) is 12.1 Å². The molecule has 1 amide bonds. The zero-order valence-corrected chi connectivity index (χ0v) is 19.5. The summed E-state index contributed by atoms with van der Waals surface area (Å²) in [4.78, 5) is 20.5. The summed E-state index contributed by atoms with van der Waals surface area (Å²) >= 11 is 1.65. The molecule has 1 aromatic heterocycles. The molecule has 0 aliphatic rings. The van der Waals surface area contributed by atoms with Crippen molar-refractivity contribution in [2.24, 2.45) is 0 Å². The third kappa shape index (κ3) is 7.30. The molecule has 0 aliphatic carbocycles. The van der Waals surface area contributed by atoms with Gasteiger partial charge in [-0.25, -0.2) is 4.98 Å². The number of carbonyl (C=O) groups excluding carboxylic acids is 1. The molecule has 0 saturated heterocycles. The first-order valence-electron chi connectivity index (χ1n) is 10.4. The van der Waals surface area contributed by atoms with Gasteiger partial charge in [-0.2, -0.15) is 13.2 Å². The highest BCUT2D eigenvalue weighted by atomic mass is 32.1. The number of aryl methyl sites for hydroxylation is 1. The van der Waals surface area contributed by atoms with Crippen LogP contribution in [0.15, 0.2) is 53.9 Å². The largest absolute Gasteiger partial charge is 0.492 e. The molecule has 0 unspecified atom stereocenters. The van der Waals surface area contributed by atoms with Crippen molar-refractivity contribution in [2.75, 3.05) is 27.2 Å². The van der Waals surface area contributed by atoms with Crippen molar-refractivity contribution in [1.29, 1.82) is 0 Å². The normalized spacial score (nSPS) is 11.6. The zero-order valence-electron chi connectivity index (χ0n) is 18.7. The molecule has 0 spiro atoms. The van der Waals surface area contributed by atoms with Gasteiger partial charge < -0.3 is 9.64 Å². The molecule has 0 aliphatic heterocycles. The Morgan fingerprint density at radius 3 is 2.27 bits per heavy atom. The maximum Gasteiger partial charge on any atom is 0.416 e. The van der Waals surface area contributed by atoms with E-state index in [1.54, 1.807) is 18.4 Å². The minimum Gasteiger partial charge on any atom is -0.492 e. The topological polar surface area (TPSA) is 45.7 Å². The fraction of sp³-hybridized carbons (Fsp3) is 0.333. The molecule has 5 nitrogen and oxygen atoms in total. The second-order valence-corrected chi connectivity index (χ2v) is 8.89. The molecule has 2 aromatic carbocycles. The molecule has 0 bridgehead atoms. The summed E-state index contributed by atoms with van der Waals surface area (Å²) in [5, 5.41) is 3.13. The second kappa shape index (κ2) is 10.8. The van der Waals surface area contributed by atoms with Gasteiger partial charge in [-0.15, -0.1) is 11.3 Å². The lowest BCUT2D eigenvalue weighted by molar-refractivity contribution is -0.137. The quantitative estimate of drug-likeness (QED) is 0.422. The van der Waals surface area contributed by atoms with E-state index in [4.69, 9.17) is 4.74 Å². The smallest absolute Gasteiger partial charge is 0.416 e. The Bertz CT molecular complexity index is 1050. The highest BCUT2D eigenvalue weighted by molar-refractivity contribution is 7.09. The van der Waals surface area contributed by atoms with Crippen LogP contribution in [0.25, 0.3) is 0 Å². The van der Waals surface area contributed by atoms with Crippen molar-refractivity contribution in [1.82, 2.24) is 14.8 Å². The zero-order chi connectivity index (χ0) is 24.0. The van der Waals surface area contributed by atoms with Gasteiger partial charge in [0.2, 0.25) is 0 Å². The number of likely N-dealkylation sites (N-methyl/N-ethyl adjacent to an activating group) is 1. The lowest BCUT2D eigenvalue weighted by Gasteiger charge is -2.18. The van der Waals surface area contributed by atoms with Crippen LogP contribution in [0.1, 0.15) is 32.2 Å². The SMILES string of the molecule is Cc1nc(CN(C)Cc2ccc(OCCN(C)C(=O)c3ccc(C(F)(F)F)cc3)cc2)cs1. The maximum absolute atomic E-state index is 12.7. The predicted molar refractivity (Wildman–Crippen MR) is 122 cm³/mol. The number of benzene rings is 2. The minimum atomic E-state index is -4.42. The average molecular weight is 478 g/mol. The Balaban J connectivity index is 1.43. The van der Waals surface area contributed by atoms with Gasteiger partial charge in [0.05, 0.1) is 22.8 Å². The fourth-order valence-corrected chi connectivity index (χ4v) is 3.84. The van der Waals surface area contributed by atoms with E-state index in [-0.39, 0.29) is 18.1 Å². The molecule has 3 rings (SSSR count). The van der Waals surface area contributed by atoms with Crippen LogP contribution in [-0.2, 0) is 19.3 Å². The summed E-state index contributed by atoms with van der Waals surface area (Å²) in [5.74, 6) is 0.327. The summed E-state index contributed by atoms with van der Waals surface area (Å²) in [6, 6.07) is 12.0. The Morgan fingerprint density at radius 1 is 1.03 bits per heavy atom. The number of rotatable bonds is 9. The Kier molecular flexibility index (Phi) is 8.10. The van der Waals surface area contributed by atoms with E-state index >= 15 is 0 Å². The van der Waals surface area contributed by atoms with E-state index in [2.05, 4.69) is 15.3 Å². The molecule has 1 heterocycles. The first-order valence-corrected chi connectivity index (χ1v) is 11.2. The summed E-state index contributed by atoms with van der Waals surface area (Å²) < 4.78 is 43.7. The van der Waals surface area contributed by atoms with Crippen LogP contribution in [0, 0.1) is 6.92 Å². The Morgan fingerprint density at radius 2 is 1.70 bits per heavy atom.